The van der Waals surface area contributed by atoms with E-state index in [2.05, 4.69) is 15.6 Å². The number of fused-ring (bicyclic) bond motifs is 1. The van der Waals surface area contributed by atoms with Crippen LogP contribution in [0.15, 0.2) is 23.1 Å². The molecule has 1 aliphatic heterocycles. The molecule has 1 aliphatic rings. The first-order valence-corrected chi connectivity index (χ1v) is 10.6. The summed E-state index contributed by atoms with van der Waals surface area (Å²) in [5.41, 5.74) is 1.33. The maximum absolute atomic E-state index is 12.8. The first-order chi connectivity index (χ1) is 12.5. The minimum Gasteiger partial charge on any atom is -0.356 e. The van der Waals surface area contributed by atoms with E-state index in [1.165, 1.54) is 0 Å². The highest BCUT2D eigenvalue weighted by molar-refractivity contribution is 7.89. The second-order valence-corrected chi connectivity index (χ2v) is 8.42. The molecule has 2 aromatic rings. The number of rotatable bonds is 7. The lowest BCUT2D eigenvalue weighted by atomic mass is 10.2. The molecule has 26 heavy (non-hydrogen) atoms. The SMILES string of the molecule is CCNC(=O)CCCn1nnc2cc(S(=O)(=O)N3CCCCC3)ccc21. The van der Waals surface area contributed by atoms with E-state index < -0.39 is 10.0 Å². The smallest absolute Gasteiger partial charge is 0.243 e. The van der Waals surface area contributed by atoms with Crippen LogP contribution in [-0.2, 0) is 21.4 Å². The van der Waals surface area contributed by atoms with Crippen LogP contribution >= 0.6 is 0 Å². The van der Waals surface area contributed by atoms with Crippen LogP contribution in [0.25, 0.3) is 11.0 Å². The van der Waals surface area contributed by atoms with Crippen LogP contribution in [0.1, 0.15) is 39.0 Å². The minimum atomic E-state index is -3.48. The van der Waals surface area contributed by atoms with E-state index in [0.29, 0.717) is 44.5 Å². The molecule has 8 nitrogen and oxygen atoms in total. The lowest BCUT2D eigenvalue weighted by Gasteiger charge is -2.25. The summed E-state index contributed by atoms with van der Waals surface area (Å²) < 4.78 is 28.8. The number of hydrogen-bond acceptors (Lipinski definition) is 5. The van der Waals surface area contributed by atoms with Crippen molar-refractivity contribution in [3.05, 3.63) is 18.2 Å². The van der Waals surface area contributed by atoms with Crippen LogP contribution in [0.4, 0.5) is 0 Å². The average molecular weight is 379 g/mol. The van der Waals surface area contributed by atoms with Gasteiger partial charge in [0.2, 0.25) is 15.9 Å². The number of nitrogens with zero attached hydrogens (tertiary/aromatic N) is 4. The van der Waals surface area contributed by atoms with Crippen molar-refractivity contribution in [2.24, 2.45) is 0 Å². The normalized spacial score (nSPS) is 16.0. The number of aromatic nitrogens is 3. The topological polar surface area (TPSA) is 97.2 Å². The Labute approximate surface area is 153 Å². The number of piperidine rings is 1. The van der Waals surface area contributed by atoms with Crippen molar-refractivity contribution in [3.8, 4) is 0 Å². The molecule has 142 valence electrons. The summed E-state index contributed by atoms with van der Waals surface area (Å²) >= 11 is 0. The molecule has 0 bridgehead atoms. The zero-order valence-electron chi connectivity index (χ0n) is 15.0. The Morgan fingerprint density at radius 1 is 1.23 bits per heavy atom. The van der Waals surface area contributed by atoms with Crippen LogP contribution in [-0.4, -0.2) is 53.3 Å². The van der Waals surface area contributed by atoms with Gasteiger partial charge in [-0.1, -0.05) is 11.6 Å². The standard InChI is InChI=1S/C17H25N5O3S/c1-2-18-17(23)7-6-12-22-16-9-8-14(13-15(16)19-20-22)26(24,25)21-10-4-3-5-11-21/h8-9,13H,2-7,10-12H2,1H3,(H,18,23). The summed E-state index contributed by atoms with van der Waals surface area (Å²) in [4.78, 5) is 11.8. The van der Waals surface area contributed by atoms with Gasteiger partial charge in [-0.3, -0.25) is 4.79 Å². The summed E-state index contributed by atoms with van der Waals surface area (Å²) in [6, 6.07) is 4.96. The molecule has 0 atom stereocenters. The quantitative estimate of drug-likeness (QED) is 0.787. The number of benzene rings is 1. The number of hydrogen-bond donors (Lipinski definition) is 1. The zero-order chi connectivity index (χ0) is 18.6. The van der Waals surface area contributed by atoms with Crippen molar-refractivity contribution in [1.82, 2.24) is 24.6 Å². The van der Waals surface area contributed by atoms with Gasteiger partial charge in [0, 0.05) is 32.6 Å². The predicted octanol–water partition coefficient (Wildman–Crippen LogP) is 1.52. The molecule has 1 fully saturated rings. The Morgan fingerprint density at radius 2 is 2.00 bits per heavy atom. The number of sulfonamides is 1. The second-order valence-electron chi connectivity index (χ2n) is 6.48. The highest BCUT2D eigenvalue weighted by atomic mass is 32.2. The molecule has 1 aromatic heterocycles. The molecule has 3 rings (SSSR count). The Bertz CT molecular complexity index is 872. The Balaban J connectivity index is 1.73. The van der Waals surface area contributed by atoms with Crippen molar-refractivity contribution < 1.29 is 13.2 Å². The molecule has 1 saturated heterocycles. The van der Waals surface area contributed by atoms with Gasteiger partial charge in [0.05, 0.1) is 10.4 Å². The first kappa shape index (κ1) is 18.8. The van der Waals surface area contributed by atoms with E-state index in [0.717, 1.165) is 24.8 Å². The van der Waals surface area contributed by atoms with Gasteiger partial charge < -0.3 is 5.32 Å². The maximum atomic E-state index is 12.8. The Morgan fingerprint density at radius 3 is 2.73 bits per heavy atom. The van der Waals surface area contributed by atoms with Crippen LogP contribution in [0, 0.1) is 0 Å². The van der Waals surface area contributed by atoms with Gasteiger partial charge >= 0.3 is 0 Å². The molecule has 9 heteroatoms. The highest BCUT2D eigenvalue weighted by Crippen LogP contribution is 2.23. The van der Waals surface area contributed by atoms with Crippen molar-refractivity contribution in [3.63, 3.8) is 0 Å². The molecule has 0 aliphatic carbocycles. The molecular weight excluding hydrogens is 354 g/mol. The predicted molar refractivity (Wildman–Crippen MR) is 98.1 cm³/mol. The molecule has 0 unspecified atom stereocenters. The monoisotopic (exact) mass is 379 g/mol. The third kappa shape index (κ3) is 4.04. The summed E-state index contributed by atoms with van der Waals surface area (Å²) in [6.07, 6.45) is 3.97. The highest BCUT2D eigenvalue weighted by Gasteiger charge is 2.26. The number of carbonyl (C=O) groups is 1. The fraction of sp³-hybridized carbons (Fsp3) is 0.588. The van der Waals surface area contributed by atoms with E-state index in [-0.39, 0.29) is 10.8 Å². The van der Waals surface area contributed by atoms with Gasteiger partial charge in [0.1, 0.15) is 5.52 Å². The molecule has 0 saturated carbocycles. The van der Waals surface area contributed by atoms with Gasteiger partial charge in [-0.25, -0.2) is 13.1 Å². The molecular formula is C17H25N5O3S. The molecule has 2 heterocycles. The number of carbonyl (C=O) groups excluding carboxylic acids is 1. The third-order valence-electron chi connectivity index (χ3n) is 4.59. The Hall–Kier alpha value is -2.00. The first-order valence-electron chi connectivity index (χ1n) is 9.12. The number of aryl methyl sites for hydroxylation is 1. The van der Waals surface area contributed by atoms with E-state index >= 15 is 0 Å². The van der Waals surface area contributed by atoms with Crippen LogP contribution in [0.2, 0.25) is 0 Å². The van der Waals surface area contributed by atoms with Crippen LogP contribution in [0.3, 0.4) is 0 Å². The van der Waals surface area contributed by atoms with Crippen molar-refractivity contribution in [2.45, 2.75) is 50.5 Å². The zero-order valence-corrected chi connectivity index (χ0v) is 15.8. The van der Waals surface area contributed by atoms with Gasteiger partial charge in [0.25, 0.3) is 0 Å². The van der Waals surface area contributed by atoms with E-state index in [9.17, 15) is 13.2 Å². The molecule has 1 amide bonds. The van der Waals surface area contributed by atoms with Crippen molar-refractivity contribution in [2.75, 3.05) is 19.6 Å². The van der Waals surface area contributed by atoms with Crippen molar-refractivity contribution in [1.29, 1.82) is 0 Å². The summed E-state index contributed by atoms with van der Waals surface area (Å²) in [6.45, 7) is 4.23. The van der Waals surface area contributed by atoms with Gasteiger partial charge in [-0.15, -0.1) is 5.10 Å². The fourth-order valence-electron chi connectivity index (χ4n) is 3.21. The van der Waals surface area contributed by atoms with Crippen LogP contribution in [0.5, 0.6) is 0 Å². The van der Waals surface area contributed by atoms with Crippen molar-refractivity contribution >= 4 is 27.0 Å². The Kier molecular flexibility index (Phi) is 5.87. The fourth-order valence-corrected chi connectivity index (χ4v) is 4.74. The van der Waals surface area contributed by atoms with Gasteiger partial charge in [-0.2, -0.15) is 4.31 Å². The lowest BCUT2D eigenvalue weighted by molar-refractivity contribution is -0.121. The average Bonchev–Trinajstić information content (AvgIpc) is 3.05. The minimum absolute atomic E-state index is 0.0202. The number of amides is 1. The van der Waals surface area contributed by atoms with E-state index in [4.69, 9.17) is 0 Å². The van der Waals surface area contributed by atoms with E-state index in [1.54, 1.807) is 27.2 Å². The maximum Gasteiger partial charge on any atom is 0.243 e. The van der Waals surface area contributed by atoms with Gasteiger partial charge in [0.15, 0.2) is 0 Å². The third-order valence-corrected chi connectivity index (χ3v) is 6.48. The lowest BCUT2D eigenvalue weighted by Crippen LogP contribution is -2.35. The largest absolute Gasteiger partial charge is 0.356 e. The van der Waals surface area contributed by atoms with Gasteiger partial charge in [-0.05, 0) is 44.4 Å². The molecule has 1 aromatic carbocycles. The van der Waals surface area contributed by atoms with Crippen LogP contribution < -0.4 is 5.32 Å². The number of nitrogens with one attached hydrogen (secondary N) is 1. The molecule has 0 spiro atoms. The molecule has 0 radical (unpaired) electrons. The summed E-state index contributed by atoms with van der Waals surface area (Å²) in [5, 5.41) is 11.0. The summed E-state index contributed by atoms with van der Waals surface area (Å²) in [7, 11) is -3.48. The summed E-state index contributed by atoms with van der Waals surface area (Å²) in [5.74, 6) is 0.0202. The second kappa shape index (κ2) is 8.13. The molecule has 1 N–H and O–H groups in total. The van der Waals surface area contributed by atoms with E-state index in [1.807, 2.05) is 6.92 Å².